The van der Waals surface area contributed by atoms with Crippen LogP contribution in [-0.4, -0.2) is 61.4 Å². The highest BCUT2D eigenvalue weighted by atomic mass is 32.2. The quantitative estimate of drug-likeness (QED) is 0.321. The Morgan fingerprint density at radius 3 is 2.21 bits per heavy atom. The summed E-state index contributed by atoms with van der Waals surface area (Å²) in [5, 5.41) is -1.53. The Morgan fingerprint density at radius 2 is 1.66 bits per heavy atom. The largest absolute Gasteiger partial charge is 0.299 e. The number of carbonyl (C=O) groups is 5. The van der Waals surface area contributed by atoms with Crippen LogP contribution in [0.3, 0.4) is 0 Å². The lowest BCUT2D eigenvalue weighted by Crippen LogP contribution is -2.37. The maximum Gasteiger partial charge on any atom is 0.277 e. The third kappa shape index (κ3) is 4.37. The van der Waals surface area contributed by atoms with Crippen LogP contribution in [0.2, 0.25) is 0 Å². The second-order valence-electron chi connectivity index (χ2n) is 7.78. The molecule has 1 aliphatic heterocycles. The van der Waals surface area contributed by atoms with E-state index >= 15 is 0 Å². The van der Waals surface area contributed by atoms with Crippen LogP contribution in [0.1, 0.15) is 38.5 Å². The highest BCUT2D eigenvalue weighted by molar-refractivity contribution is 7.88. The van der Waals surface area contributed by atoms with Crippen LogP contribution in [0.15, 0.2) is 12.2 Å². The molecule has 3 aliphatic rings. The molecule has 1 heterocycles. The van der Waals surface area contributed by atoms with Gasteiger partial charge >= 0.3 is 0 Å². The summed E-state index contributed by atoms with van der Waals surface area (Å²) in [5.74, 6) is -3.61. The summed E-state index contributed by atoms with van der Waals surface area (Å²) in [6, 6.07) is 0. The molecule has 10 heteroatoms. The molecule has 29 heavy (non-hydrogen) atoms. The van der Waals surface area contributed by atoms with Crippen molar-refractivity contribution in [2.75, 3.05) is 13.7 Å². The van der Waals surface area contributed by atoms with Crippen LogP contribution in [-0.2, 0) is 38.3 Å². The van der Waals surface area contributed by atoms with Crippen molar-refractivity contribution < 1.29 is 36.6 Å². The maximum atomic E-state index is 12.6. The van der Waals surface area contributed by atoms with Crippen molar-refractivity contribution >= 4 is 39.3 Å². The van der Waals surface area contributed by atoms with Gasteiger partial charge in [0, 0.05) is 37.5 Å². The van der Waals surface area contributed by atoms with Crippen molar-refractivity contribution in [3.63, 3.8) is 0 Å². The summed E-state index contributed by atoms with van der Waals surface area (Å²) in [6.45, 7) is 0.321. The Balaban J connectivity index is 1.52. The first-order chi connectivity index (χ1) is 13.6. The molecule has 0 aromatic carbocycles. The van der Waals surface area contributed by atoms with E-state index in [4.69, 9.17) is 0 Å². The van der Waals surface area contributed by atoms with Crippen LogP contribution in [0, 0.1) is 17.8 Å². The average molecular weight is 425 g/mol. The van der Waals surface area contributed by atoms with Gasteiger partial charge < -0.3 is 0 Å². The van der Waals surface area contributed by atoms with E-state index in [0.717, 1.165) is 7.11 Å². The minimum absolute atomic E-state index is 0.109. The van der Waals surface area contributed by atoms with Crippen molar-refractivity contribution in [3.05, 3.63) is 12.2 Å². The van der Waals surface area contributed by atoms with Crippen molar-refractivity contribution in [2.45, 2.75) is 43.8 Å². The standard InChI is InChI=1S/C19H23NO8S/c1-28-29(26,27)16-9-15(22)13(19(16)25)8-14(21)12-4-2-11(3-5-12)10-20-17(23)6-7-18(20)24/h6-7,11-13,16H,2-5,8-10H2,1H3. The van der Waals surface area contributed by atoms with Crippen LogP contribution >= 0.6 is 0 Å². The van der Waals surface area contributed by atoms with Gasteiger partial charge in [-0.3, -0.25) is 33.1 Å². The number of imide groups is 1. The zero-order chi connectivity index (χ0) is 21.3. The highest BCUT2D eigenvalue weighted by Crippen LogP contribution is 2.34. The molecule has 2 aliphatic carbocycles. The lowest BCUT2D eigenvalue weighted by molar-refractivity contribution is -0.138. The van der Waals surface area contributed by atoms with E-state index in [1.165, 1.54) is 17.1 Å². The number of hydrogen-bond donors (Lipinski definition) is 0. The molecule has 0 aromatic rings. The van der Waals surface area contributed by atoms with Gasteiger partial charge in [-0.15, -0.1) is 0 Å². The summed E-state index contributed by atoms with van der Waals surface area (Å²) in [4.78, 5) is 61.6. The second kappa shape index (κ2) is 8.27. The molecule has 2 atom stereocenters. The Bertz CT molecular complexity index is 864. The van der Waals surface area contributed by atoms with Gasteiger partial charge in [-0.25, -0.2) is 0 Å². The molecule has 0 spiro atoms. The molecule has 3 rings (SSSR count). The topological polar surface area (TPSA) is 132 Å². The van der Waals surface area contributed by atoms with Gasteiger partial charge in [0.1, 0.15) is 11.6 Å². The maximum absolute atomic E-state index is 12.6. The molecule has 9 nitrogen and oxygen atoms in total. The zero-order valence-corrected chi connectivity index (χ0v) is 16.9. The number of nitrogens with zero attached hydrogens (tertiary/aromatic N) is 1. The first kappa shape index (κ1) is 21.5. The van der Waals surface area contributed by atoms with E-state index in [-0.39, 0.29) is 35.9 Å². The Morgan fingerprint density at radius 1 is 1.07 bits per heavy atom. The smallest absolute Gasteiger partial charge is 0.277 e. The number of ketones is 3. The minimum Gasteiger partial charge on any atom is -0.299 e. The third-order valence-electron chi connectivity index (χ3n) is 6.07. The molecule has 2 saturated carbocycles. The van der Waals surface area contributed by atoms with Gasteiger partial charge in [0.2, 0.25) is 0 Å². The van der Waals surface area contributed by atoms with Crippen molar-refractivity contribution in [2.24, 2.45) is 17.8 Å². The summed E-state index contributed by atoms with van der Waals surface area (Å²) < 4.78 is 27.9. The molecule has 2 amide bonds. The predicted octanol–water partition coefficient (Wildman–Crippen LogP) is 0.180. The summed E-state index contributed by atoms with van der Waals surface area (Å²) in [6.07, 6.45) is 4.14. The first-order valence-corrected chi connectivity index (χ1v) is 11.0. The summed E-state index contributed by atoms with van der Waals surface area (Å²) in [7, 11) is -3.21. The fourth-order valence-corrected chi connectivity index (χ4v) is 5.34. The van der Waals surface area contributed by atoms with Crippen LogP contribution in [0.25, 0.3) is 0 Å². The van der Waals surface area contributed by atoms with Crippen LogP contribution in [0.4, 0.5) is 0 Å². The Kier molecular flexibility index (Phi) is 6.13. The molecule has 158 valence electrons. The molecule has 0 N–H and O–H groups in total. The number of Topliss-reactive ketones (excluding diaryl/α,β-unsaturated/α-hetero) is 3. The summed E-state index contributed by atoms with van der Waals surface area (Å²) in [5.41, 5.74) is 0. The van der Waals surface area contributed by atoms with E-state index < -0.39 is 39.3 Å². The van der Waals surface area contributed by atoms with E-state index in [0.29, 0.717) is 32.2 Å². The molecule has 0 aromatic heterocycles. The van der Waals surface area contributed by atoms with E-state index in [1.807, 2.05) is 0 Å². The molecule has 0 bridgehead atoms. The van der Waals surface area contributed by atoms with Gasteiger partial charge in [0.15, 0.2) is 11.0 Å². The summed E-state index contributed by atoms with van der Waals surface area (Å²) >= 11 is 0. The van der Waals surface area contributed by atoms with Gasteiger partial charge in [-0.1, -0.05) is 0 Å². The van der Waals surface area contributed by atoms with E-state index in [1.54, 1.807) is 0 Å². The van der Waals surface area contributed by atoms with Gasteiger partial charge in [-0.05, 0) is 31.6 Å². The van der Waals surface area contributed by atoms with Crippen molar-refractivity contribution in [1.82, 2.24) is 4.90 Å². The number of rotatable bonds is 7. The Labute approximate surface area is 168 Å². The second-order valence-corrected chi connectivity index (χ2v) is 9.67. The van der Waals surface area contributed by atoms with Crippen molar-refractivity contribution in [1.29, 1.82) is 0 Å². The molecule has 0 saturated heterocycles. The zero-order valence-electron chi connectivity index (χ0n) is 16.0. The fourth-order valence-electron chi connectivity index (χ4n) is 4.29. The molecular formula is C19H23NO8S. The molecule has 2 fully saturated rings. The van der Waals surface area contributed by atoms with E-state index in [9.17, 15) is 32.4 Å². The molecule has 2 unspecified atom stereocenters. The number of amides is 2. The first-order valence-electron chi connectivity index (χ1n) is 9.56. The number of hydrogen-bond acceptors (Lipinski definition) is 8. The van der Waals surface area contributed by atoms with Gasteiger partial charge in [0.05, 0.1) is 13.0 Å². The van der Waals surface area contributed by atoms with Gasteiger partial charge in [-0.2, -0.15) is 8.42 Å². The highest BCUT2D eigenvalue weighted by Gasteiger charge is 2.49. The molecule has 0 radical (unpaired) electrons. The lowest BCUT2D eigenvalue weighted by Gasteiger charge is -2.30. The van der Waals surface area contributed by atoms with Crippen molar-refractivity contribution in [3.8, 4) is 0 Å². The third-order valence-corrected chi connectivity index (χ3v) is 7.63. The van der Waals surface area contributed by atoms with Crippen LogP contribution < -0.4 is 0 Å². The SMILES string of the molecule is COS(=O)(=O)C1CC(=O)C(CC(=O)C2CCC(CN3C(=O)C=CC3=O)CC2)C1=O. The van der Waals surface area contributed by atoms with E-state index in [2.05, 4.69) is 4.18 Å². The van der Waals surface area contributed by atoms with Crippen LogP contribution in [0.5, 0.6) is 0 Å². The van der Waals surface area contributed by atoms with Gasteiger partial charge in [0.25, 0.3) is 21.9 Å². The fraction of sp³-hybridized carbons (Fsp3) is 0.632. The predicted molar refractivity (Wildman–Crippen MR) is 98.8 cm³/mol. The average Bonchev–Trinajstić information content (AvgIpc) is 3.16. The monoisotopic (exact) mass is 425 g/mol. The Hall–Kier alpha value is -2.20. The molecular weight excluding hydrogens is 402 g/mol. The number of carbonyl (C=O) groups excluding carboxylic acids is 5. The lowest BCUT2D eigenvalue weighted by atomic mass is 9.78. The minimum atomic E-state index is -4.15. The normalized spacial score (nSPS) is 30.4.